The molecule has 64 valence electrons. The first kappa shape index (κ1) is 10.6. The second kappa shape index (κ2) is 5.28. The molecular weight excluding hydrogens is 176 g/mol. The van der Waals surface area contributed by atoms with E-state index in [2.05, 4.69) is 6.58 Å². The van der Waals surface area contributed by atoms with Crippen molar-refractivity contribution in [3.8, 4) is 0 Å². The molecule has 0 aromatic rings. The van der Waals surface area contributed by atoms with Gasteiger partial charge in [0.25, 0.3) is 0 Å². The van der Waals surface area contributed by atoms with Crippen LogP contribution in [-0.4, -0.2) is 25.0 Å². The van der Waals surface area contributed by atoms with Crippen molar-refractivity contribution in [2.24, 2.45) is 0 Å². The maximum Gasteiger partial charge on any atom is 0.359 e. The summed E-state index contributed by atoms with van der Waals surface area (Å²) in [6.45, 7) is 9.17. The lowest BCUT2D eigenvalue weighted by Crippen LogP contribution is -2.18. The van der Waals surface area contributed by atoms with Gasteiger partial charge in [-0.1, -0.05) is 6.58 Å². The average Bonchev–Trinajstić information content (AvgIpc) is 1.86. The van der Waals surface area contributed by atoms with Crippen molar-refractivity contribution in [2.45, 2.75) is 20.0 Å². The average molecular weight is 190 g/mol. The molecule has 0 saturated heterocycles. The third-order valence-corrected chi connectivity index (χ3v) is 4.53. The third kappa shape index (κ3) is 6.02. The van der Waals surface area contributed by atoms with E-state index >= 15 is 0 Å². The molecule has 5 heteroatoms. The largest absolute Gasteiger partial charge is 0.497 e. The monoisotopic (exact) mass is 190 g/mol. The van der Waals surface area contributed by atoms with E-state index in [9.17, 15) is 4.79 Å². The number of carbonyl (C=O) groups excluding carboxylic acids is 1. The summed E-state index contributed by atoms with van der Waals surface area (Å²) >= 11 is 0. The molecule has 0 rings (SSSR count). The van der Waals surface area contributed by atoms with E-state index in [0.29, 0.717) is 5.57 Å². The fourth-order valence-corrected chi connectivity index (χ4v) is 2.06. The lowest BCUT2D eigenvalue weighted by atomic mass is 10.4. The van der Waals surface area contributed by atoms with Crippen LogP contribution < -0.4 is 0 Å². The molecule has 0 aromatic carbocycles. The van der Waals surface area contributed by atoms with Gasteiger partial charge < -0.3 is 8.54 Å². The van der Waals surface area contributed by atoms with Crippen LogP contribution in [0.25, 0.3) is 0 Å². The molecule has 11 heavy (non-hydrogen) atoms. The summed E-state index contributed by atoms with van der Waals surface area (Å²) in [5, 5.41) is 0. The Morgan fingerprint density at radius 2 is 2.09 bits per heavy atom. The molecular formula is C6H14O3Si2. The maximum atomic E-state index is 10.8. The summed E-state index contributed by atoms with van der Waals surface area (Å²) in [6, 6.07) is 0. The van der Waals surface area contributed by atoms with Gasteiger partial charge in [0.2, 0.25) is 0 Å². The first-order valence-electron chi connectivity index (χ1n) is 3.48. The predicted molar refractivity (Wildman–Crippen MR) is 49.4 cm³/mol. The molecule has 0 N–H and O–H groups in total. The highest BCUT2D eigenvalue weighted by atomic mass is 28.4. The Balaban J connectivity index is 3.40. The highest BCUT2D eigenvalue weighted by Crippen LogP contribution is 1.91. The van der Waals surface area contributed by atoms with Crippen LogP contribution in [0.2, 0.25) is 13.1 Å². The Bertz CT molecular complexity index is 156. The van der Waals surface area contributed by atoms with Gasteiger partial charge in [-0.3, -0.25) is 0 Å². The van der Waals surface area contributed by atoms with E-state index in [1.165, 1.54) is 0 Å². The van der Waals surface area contributed by atoms with Crippen molar-refractivity contribution in [3.63, 3.8) is 0 Å². The normalized spacial score (nSPS) is 10.9. The molecule has 0 spiro atoms. The lowest BCUT2D eigenvalue weighted by molar-refractivity contribution is -0.130. The first-order valence-corrected chi connectivity index (χ1v) is 7.42. The van der Waals surface area contributed by atoms with Crippen LogP contribution in [0.15, 0.2) is 12.2 Å². The molecule has 0 amide bonds. The zero-order valence-electron chi connectivity index (χ0n) is 7.22. The molecule has 0 aliphatic rings. The van der Waals surface area contributed by atoms with Crippen molar-refractivity contribution in [2.75, 3.05) is 0 Å². The minimum absolute atomic E-state index is 0.327. The molecule has 0 aliphatic carbocycles. The lowest BCUT2D eigenvalue weighted by Gasteiger charge is -2.06. The summed E-state index contributed by atoms with van der Waals surface area (Å²) in [4.78, 5) is 10.8. The van der Waals surface area contributed by atoms with Gasteiger partial charge >= 0.3 is 16.0 Å². The fraction of sp³-hybridized carbons (Fsp3) is 0.500. The van der Waals surface area contributed by atoms with Gasteiger partial charge in [0, 0.05) is 5.57 Å². The first-order chi connectivity index (χ1) is 5.04. The van der Waals surface area contributed by atoms with E-state index in [1.54, 1.807) is 6.92 Å². The Labute approximate surface area is 71.2 Å². The second-order valence-electron chi connectivity index (χ2n) is 2.55. The smallest absolute Gasteiger partial charge is 0.359 e. The van der Waals surface area contributed by atoms with Gasteiger partial charge in [-0.25, -0.2) is 4.79 Å². The SMILES string of the molecule is C=C(C)C(=O)O[SiH2]O[SiH](C)C. The molecule has 0 bridgehead atoms. The molecule has 3 nitrogen and oxygen atoms in total. The topological polar surface area (TPSA) is 35.5 Å². The van der Waals surface area contributed by atoms with Crippen molar-refractivity contribution in [1.29, 1.82) is 0 Å². The van der Waals surface area contributed by atoms with Crippen LogP contribution >= 0.6 is 0 Å². The molecule has 0 atom stereocenters. The minimum Gasteiger partial charge on any atom is -0.497 e. The Morgan fingerprint density at radius 1 is 1.55 bits per heavy atom. The van der Waals surface area contributed by atoms with E-state index in [0.717, 1.165) is 0 Å². The number of hydrogen-bond acceptors (Lipinski definition) is 3. The van der Waals surface area contributed by atoms with Crippen molar-refractivity contribution < 1.29 is 13.3 Å². The van der Waals surface area contributed by atoms with Crippen molar-refractivity contribution in [3.05, 3.63) is 12.2 Å². The Morgan fingerprint density at radius 3 is 2.45 bits per heavy atom. The Kier molecular flexibility index (Phi) is 5.09. The molecule has 0 aliphatic heterocycles. The van der Waals surface area contributed by atoms with Gasteiger partial charge in [-0.2, -0.15) is 0 Å². The summed E-state index contributed by atoms with van der Waals surface area (Å²) in [7, 11) is -2.08. The van der Waals surface area contributed by atoms with Gasteiger partial charge in [0.15, 0.2) is 9.04 Å². The van der Waals surface area contributed by atoms with Gasteiger partial charge in [0.05, 0.1) is 0 Å². The van der Waals surface area contributed by atoms with Crippen LogP contribution in [0.5, 0.6) is 0 Å². The van der Waals surface area contributed by atoms with Crippen LogP contribution in [0, 0.1) is 0 Å². The van der Waals surface area contributed by atoms with Gasteiger partial charge in [-0.05, 0) is 20.0 Å². The number of carbonyl (C=O) groups is 1. The highest BCUT2D eigenvalue weighted by Gasteiger charge is 2.03. The Hall–Kier alpha value is -0.396. The van der Waals surface area contributed by atoms with Crippen LogP contribution in [0.1, 0.15) is 6.92 Å². The summed E-state index contributed by atoms with van der Waals surface area (Å²) < 4.78 is 10.1. The van der Waals surface area contributed by atoms with E-state index in [1.807, 2.05) is 13.1 Å². The zero-order chi connectivity index (χ0) is 8.85. The van der Waals surface area contributed by atoms with Crippen molar-refractivity contribution in [1.82, 2.24) is 0 Å². The molecule has 0 saturated carbocycles. The molecule has 0 unspecified atom stereocenters. The fourth-order valence-electron chi connectivity index (χ4n) is 0.347. The number of hydrogen-bond donors (Lipinski definition) is 0. The summed E-state index contributed by atoms with van der Waals surface area (Å²) in [5.74, 6) is -0.327. The minimum atomic E-state index is -1.08. The highest BCUT2D eigenvalue weighted by molar-refractivity contribution is 6.55. The van der Waals surface area contributed by atoms with Crippen molar-refractivity contribution >= 4 is 25.0 Å². The van der Waals surface area contributed by atoms with Gasteiger partial charge in [-0.15, -0.1) is 0 Å². The molecule has 0 heterocycles. The van der Waals surface area contributed by atoms with Crippen LogP contribution in [0.3, 0.4) is 0 Å². The second-order valence-corrected chi connectivity index (χ2v) is 6.50. The van der Waals surface area contributed by atoms with Crippen LogP contribution in [0.4, 0.5) is 0 Å². The van der Waals surface area contributed by atoms with Crippen LogP contribution in [-0.2, 0) is 13.3 Å². The molecule has 0 fully saturated rings. The number of rotatable bonds is 4. The maximum absolute atomic E-state index is 10.8. The standard InChI is InChI=1S/C6H14O3Si2/c1-5(2)6(7)8-10-9-11(3)4/h11H,1,10H2,2-4H3. The quantitative estimate of drug-likeness (QED) is 0.466. The van der Waals surface area contributed by atoms with Gasteiger partial charge in [0.1, 0.15) is 0 Å². The van der Waals surface area contributed by atoms with E-state index in [4.69, 9.17) is 8.54 Å². The summed E-state index contributed by atoms with van der Waals surface area (Å²) in [6.07, 6.45) is 0. The predicted octanol–water partition coefficient (Wildman–Crippen LogP) is 0.104. The summed E-state index contributed by atoms with van der Waals surface area (Å²) in [5.41, 5.74) is 0.437. The third-order valence-electron chi connectivity index (χ3n) is 0.940. The van der Waals surface area contributed by atoms with E-state index < -0.39 is 19.0 Å². The van der Waals surface area contributed by atoms with E-state index in [-0.39, 0.29) is 5.97 Å². The molecule has 0 aromatic heterocycles. The molecule has 0 radical (unpaired) electrons. The zero-order valence-corrected chi connectivity index (χ0v) is 9.79.